The molecule has 0 bridgehead atoms. The molecule has 2 aromatic carbocycles. The monoisotopic (exact) mass is 313 g/mol. The average molecular weight is 313 g/mol. The Bertz CT molecular complexity index is 741. The molecule has 2 rings (SSSR count). The molecule has 0 spiro atoms. The number of carbonyl (C=O) groups excluding carboxylic acids is 1. The Morgan fingerprint density at radius 2 is 2.09 bits per heavy atom. The summed E-state index contributed by atoms with van der Waals surface area (Å²) in [7, 11) is 0. The summed E-state index contributed by atoms with van der Waals surface area (Å²) < 4.78 is 13.7. The van der Waals surface area contributed by atoms with Gasteiger partial charge in [0.15, 0.2) is 0 Å². The van der Waals surface area contributed by atoms with Crippen LogP contribution in [0.15, 0.2) is 42.5 Å². The van der Waals surface area contributed by atoms with Crippen molar-refractivity contribution in [3.05, 3.63) is 65.0 Å². The van der Waals surface area contributed by atoms with Crippen molar-refractivity contribution in [2.75, 3.05) is 18.5 Å². The molecule has 6 heteroatoms. The van der Waals surface area contributed by atoms with Gasteiger partial charge in [-0.15, -0.1) is 0 Å². The SMILES string of the molecule is N#Cc1ccc(F)c(CNc2cccc(C(=O)NCCO)c2)c1. The summed E-state index contributed by atoms with van der Waals surface area (Å²) >= 11 is 0. The summed E-state index contributed by atoms with van der Waals surface area (Å²) in [6, 6.07) is 12.9. The number of nitriles is 1. The number of aliphatic hydroxyl groups excluding tert-OH is 1. The molecule has 0 saturated carbocycles. The largest absolute Gasteiger partial charge is 0.395 e. The van der Waals surface area contributed by atoms with Gasteiger partial charge in [0.2, 0.25) is 0 Å². The van der Waals surface area contributed by atoms with Gasteiger partial charge in [-0.25, -0.2) is 4.39 Å². The van der Waals surface area contributed by atoms with Crippen molar-refractivity contribution in [1.82, 2.24) is 5.32 Å². The molecule has 118 valence electrons. The molecule has 0 fully saturated rings. The zero-order valence-electron chi connectivity index (χ0n) is 12.3. The fourth-order valence-corrected chi connectivity index (χ4v) is 2.02. The van der Waals surface area contributed by atoms with Crippen molar-refractivity contribution in [3.63, 3.8) is 0 Å². The molecule has 0 atom stereocenters. The van der Waals surface area contributed by atoms with Crippen LogP contribution in [-0.4, -0.2) is 24.2 Å². The Labute approximate surface area is 133 Å². The lowest BCUT2D eigenvalue weighted by Gasteiger charge is -2.10. The van der Waals surface area contributed by atoms with E-state index >= 15 is 0 Å². The number of hydrogen-bond acceptors (Lipinski definition) is 4. The Balaban J connectivity index is 2.07. The predicted molar refractivity (Wildman–Crippen MR) is 84.3 cm³/mol. The molecule has 0 radical (unpaired) electrons. The van der Waals surface area contributed by atoms with E-state index in [2.05, 4.69) is 10.6 Å². The summed E-state index contributed by atoms with van der Waals surface area (Å²) in [5, 5.41) is 23.1. The van der Waals surface area contributed by atoms with Crippen LogP contribution >= 0.6 is 0 Å². The smallest absolute Gasteiger partial charge is 0.251 e. The Morgan fingerprint density at radius 3 is 2.83 bits per heavy atom. The normalized spacial score (nSPS) is 9.96. The first-order valence-corrected chi connectivity index (χ1v) is 7.05. The Kier molecular flexibility index (Phi) is 5.67. The van der Waals surface area contributed by atoms with Gasteiger partial charge in [0.1, 0.15) is 5.82 Å². The average Bonchev–Trinajstić information content (AvgIpc) is 2.59. The van der Waals surface area contributed by atoms with E-state index in [1.165, 1.54) is 18.2 Å². The van der Waals surface area contributed by atoms with Crippen LogP contribution in [0, 0.1) is 17.1 Å². The van der Waals surface area contributed by atoms with E-state index in [1.807, 2.05) is 6.07 Å². The van der Waals surface area contributed by atoms with Crippen LogP contribution in [0.1, 0.15) is 21.5 Å². The summed E-state index contributed by atoms with van der Waals surface area (Å²) in [6.45, 7) is 0.254. The number of rotatable bonds is 6. The minimum absolute atomic E-state index is 0.127. The van der Waals surface area contributed by atoms with Crippen LogP contribution in [0.3, 0.4) is 0 Å². The molecular weight excluding hydrogens is 297 g/mol. The first kappa shape index (κ1) is 16.5. The zero-order valence-corrected chi connectivity index (χ0v) is 12.3. The lowest BCUT2D eigenvalue weighted by molar-refractivity contribution is 0.0945. The van der Waals surface area contributed by atoms with E-state index in [-0.39, 0.29) is 25.6 Å². The summed E-state index contributed by atoms with van der Waals surface area (Å²) in [5.41, 5.74) is 1.86. The van der Waals surface area contributed by atoms with E-state index in [0.29, 0.717) is 22.4 Å². The maximum atomic E-state index is 13.7. The van der Waals surface area contributed by atoms with Crippen LogP contribution in [0.5, 0.6) is 0 Å². The number of nitrogens with one attached hydrogen (secondary N) is 2. The van der Waals surface area contributed by atoms with Gasteiger partial charge >= 0.3 is 0 Å². The summed E-state index contributed by atoms with van der Waals surface area (Å²) in [6.07, 6.45) is 0. The lowest BCUT2D eigenvalue weighted by Crippen LogP contribution is -2.26. The second-order valence-corrected chi connectivity index (χ2v) is 4.83. The van der Waals surface area contributed by atoms with Crippen LogP contribution in [-0.2, 0) is 6.54 Å². The number of benzene rings is 2. The third-order valence-corrected chi connectivity index (χ3v) is 3.18. The molecule has 0 aliphatic heterocycles. The molecule has 0 aliphatic carbocycles. The second-order valence-electron chi connectivity index (χ2n) is 4.83. The topological polar surface area (TPSA) is 85.2 Å². The molecule has 1 amide bonds. The van der Waals surface area contributed by atoms with Gasteiger partial charge in [-0.05, 0) is 36.4 Å². The van der Waals surface area contributed by atoms with E-state index < -0.39 is 5.82 Å². The highest BCUT2D eigenvalue weighted by molar-refractivity contribution is 5.95. The molecule has 0 aliphatic rings. The fourth-order valence-electron chi connectivity index (χ4n) is 2.02. The minimum Gasteiger partial charge on any atom is -0.395 e. The standard InChI is InChI=1S/C17H16FN3O2/c18-16-5-4-12(10-19)8-14(16)11-21-15-3-1-2-13(9-15)17(23)20-6-7-22/h1-5,8-9,21-22H,6-7,11H2,(H,20,23). The first-order chi connectivity index (χ1) is 11.1. The van der Waals surface area contributed by atoms with Gasteiger partial charge in [0.25, 0.3) is 5.91 Å². The summed E-state index contributed by atoms with van der Waals surface area (Å²) in [4.78, 5) is 11.8. The van der Waals surface area contributed by atoms with E-state index in [0.717, 1.165) is 0 Å². The van der Waals surface area contributed by atoms with Gasteiger partial charge < -0.3 is 15.7 Å². The molecular formula is C17H16FN3O2. The number of aliphatic hydroxyl groups is 1. The van der Waals surface area contributed by atoms with Crippen LogP contribution in [0.25, 0.3) is 0 Å². The number of nitrogens with zero attached hydrogens (tertiary/aromatic N) is 1. The highest BCUT2D eigenvalue weighted by Crippen LogP contribution is 2.15. The fraction of sp³-hybridized carbons (Fsp3) is 0.176. The second kappa shape index (κ2) is 7.92. The third-order valence-electron chi connectivity index (χ3n) is 3.18. The van der Waals surface area contributed by atoms with Crippen molar-refractivity contribution < 1.29 is 14.3 Å². The van der Waals surface area contributed by atoms with Crippen molar-refractivity contribution in [2.45, 2.75) is 6.54 Å². The highest BCUT2D eigenvalue weighted by atomic mass is 19.1. The molecule has 5 nitrogen and oxygen atoms in total. The van der Waals surface area contributed by atoms with Crippen LogP contribution in [0.2, 0.25) is 0 Å². The quantitative estimate of drug-likeness (QED) is 0.762. The number of hydrogen-bond donors (Lipinski definition) is 3. The molecule has 0 saturated heterocycles. The van der Waals surface area contributed by atoms with Crippen molar-refractivity contribution in [2.24, 2.45) is 0 Å². The molecule has 3 N–H and O–H groups in total. The van der Waals surface area contributed by atoms with Gasteiger partial charge in [0, 0.05) is 29.9 Å². The number of anilines is 1. The molecule has 0 unspecified atom stereocenters. The lowest BCUT2D eigenvalue weighted by atomic mass is 10.1. The number of amides is 1. The summed E-state index contributed by atoms with van der Waals surface area (Å²) in [5.74, 6) is -0.686. The van der Waals surface area contributed by atoms with Gasteiger partial charge in [0.05, 0.1) is 18.2 Å². The highest BCUT2D eigenvalue weighted by Gasteiger charge is 2.07. The Hall–Kier alpha value is -2.91. The third kappa shape index (κ3) is 4.53. The van der Waals surface area contributed by atoms with Crippen molar-refractivity contribution >= 4 is 11.6 Å². The number of carbonyl (C=O) groups is 1. The first-order valence-electron chi connectivity index (χ1n) is 7.05. The van der Waals surface area contributed by atoms with Crippen LogP contribution in [0.4, 0.5) is 10.1 Å². The molecule has 0 aromatic heterocycles. The molecule has 0 heterocycles. The van der Waals surface area contributed by atoms with Gasteiger partial charge in [-0.3, -0.25) is 4.79 Å². The van der Waals surface area contributed by atoms with Crippen LogP contribution < -0.4 is 10.6 Å². The van der Waals surface area contributed by atoms with E-state index in [4.69, 9.17) is 10.4 Å². The van der Waals surface area contributed by atoms with Crippen molar-refractivity contribution in [3.8, 4) is 6.07 Å². The Morgan fingerprint density at radius 1 is 1.26 bits per heavy atom. The van der Waals surface area contributed by atoms with E-state index in [9.17, 15) is 9.18 Å². The van der Waals surface area contributed by atoms with E-state index in [1.54, 1.807) is 24.3 Å². The van der Waals surface area contributed by atoms with Crippen molar-refractivity contribution in [1.29, 1.82) is 5.26 Å². The zero-order chi connectivity index (χ0) is 16.7. The maximum absolute atomic E-state index is 13.7. The number of halogens is 1. The molecule has 2 aromatic rings. The predicted octanol–water partition coefficient (Wildman–Crippen LogP) is 2.03. The minimum atomic E-state index is -0.395. The molecule has 23 heavy (non-hydrogen) atoms. The maximum Gasteiger partial charge on any atom is 0.251 e. The van der Waals surface area contributed by atoms with Gasteiger partial charge in [-0.2, -0.15) is 5.26 Å². The van der Waals surface area contributed by atoms with Gasteiger partial charge in [-0.1, -0.05) is 6.07 Å².